The summed E-state index contributed by atoms with van der Waals surface area (Å²) in [7, 11) is 1.68. The fourth-order valence-corrected chi connectivity index (χ4v) is 2.76. The fraction of sp³-hybridized carbons (Fsp3) is 0.267. The number of carbonyl (C=O) groups excluding carboxylic acids is 1. The minimum atomic E-state index is -0.178. The topological polar surface area (TPSA) is 57.0 Å². The molecule has 0 aliphatic rings. The molecule has 1 atom stereocenters. The summed E-state index contributed by atoms with van der Waals surface area (Å²) in [4.78, 5) is 18.2. The van der Waals surface area contributed by atoms with Crippen LogP contribution >= 0.6 is 22.9 Å². The molecule has 1 heterocycles. The van der Waals surface area contributed by atoms with Crippen LogP contribution in [0.25, 0.3) is 10.6 Å². The molecule has 0 fully saturated rings. The number of hydrogen-bond acceptors (Lipinski definition) is 4. The van der Waals surface area contributed by atoms with Crippen molar-refractivity contribution in [3.8, 4) is 16.6 Å². The molecule has 0 unspecified atom stereocenters. The lowest BCUT2D eigenvalue weighted by Gasteiger charge is -2.21. The van der Waals surface area contributed by atoms with Gasteiger partial charge in [0.2, 0.25) is 0 Å². The summed E-state index contributed by atoms with van der Waals surface area (Å²) >= 11 is 7.36. The molecule has 1 aromatic heterocycles. The molecule has 1 amide bonds. The second-order valence-corrected chi connectivity index (χ2v) is 5.97. The first-order valence-electron chi connectivity index (χ1n) is 6.38. The van der Waals surface area contributed by atoms with Gasteiger partial charge in [-0.1, -0.05) is 23.7 Å². The number of rotatable bonds is 4. The molecule has 0 aliphatic carbocycles. The standard InChI is InChI=1S/C15H14ClN3OS/c1-10(6-7-17)19(2)15(20)13-9-21-14(18-13)11-4-3-5-12(16)8-11/h3-5,8-10H,6H2,1-2H3/t10-/m1/s1. The van der Waals surface area contributed by atoms with Gasteiger partial charge in [-0.15, -0.1) is 11.3 Å². The van der Waals surface area contributed by atoms with Crippen molar-refractivity contribution in [3.05, 3.63) is 40.4 Å². The predicted molar refractivity (Wildman–Crippen MR) is 84.3 cm³/mol. The molecule has 1 aromatic carbocycles. The average molecular weight is 320 g/mol. The molecular weight excluding hydrogens is 306 g/mol. The minimum absolute atomic E-state index is 0.140. The van der Waals surface area contributed by atoms with E-state index in [4.69, 9.17) is 16.9 Å². The third kappa shape index (κ3) is 3.60. The van der Waals surface area contributed by atoms with Crippen LogP contribution in [0, 0.1) is 11.3 Å². The summed E-state index contributed by atoms with van der Waals surface area (Å²) in [5.74, 6) is -0.178. The van der Waals surface area contributed by atoms with Crippen molar-refractivity contribution in [2.75, 3.05) is 7.05 Å². The van der Waals surface area contributed by atoms with Crippen molar-refractivity contribution >= 4 is 28.8 Å². The highest BCUT2D eigenvalue weighted by Crippen LogP contribution is 2.26. The lowest BCUT2D eigenvalue weighted by molar-refractivity contribution is 0.0741. The van der Waals surface area contributed by atoms with Crippen LogP contribution < -0.4 is 0 Å². The second-order valence-electron chi connectivity index (χ2n) is 4.68. The molecule has 0 aliphatic heterocycles. The van der Waals surface area contributed by atoms with Crippen LogP contribution in [0.5, 0.6) is 0 Å². The smallest absolute Gasteiger partial charge is 0.273 e. The Morgan fingerprint density at radius 2 is 2.33 bits per heavy atom. The van der Waals surface area contributed by atoms with Crippen molar-refractivity contribution < 1.29 is 4.79 Å². The van der Waals surface area contributed by atoms with Gasteiger partial charge in [0.25, 0.3) is 5.91 Å². The van der Waals surface area contributed by atoms with Gasteiger partial charge in [0, 0.05) is 29.1 Å². The third-order valence-corrected chi connectivity index (χ3v) is 4.29. The molecule has 0 bridgehead atoms. The molecule has 2 aromatic rings. The number of benzene rings is 1. The maximum atomic E-state index is 12.3. The van der Waals surface area contributed by atoms with Crippen molar-refractivity contribution in [2.24, 2.45) is 0 Å². The van der Waals surface area contributed by atoms with E-state index < -0.39 is 0 Å². The van der Waals surface area contributed by atoms with Crippen LogP contribution in [-0.4, -0.2) is 28.9 Å². The fourth-order valence-electron chi connectivity index (χ4n) is 1.78. The summed E-state index contributed by atoms with van der Waals surface area (Å²) in [5.41, 5.74) is 1.28. The van der Waals surface area contributed by atoms with Gasteiger partial charge < -0.3 is 4.90 Å². The van der Waals surface area contributed by atoms with Crippen molar-refractivity contribution in [2.45, 2.75) is 19.4 Å². The number of carbonyl (C=O) groups is 1. The number of thiazole rings is 1. The van der Waals surface area contributed by atoms with Gasteiger partial charge in [-0.25, -0.2) is 4.98 Å². The third-order valence-electron chi connectivity index (χ3n) is 3.16. The normalized spacial score (nSPS) is 11.7. The zero-order valence-electron chi connectivity index (χ0n) is 11.7. The van der Waals surface area contributed by atoms with Gasteiger partial charge in [-0.3, -0.25) is 4.79 Å². The van der Waals surface area contributed by atoms with Gasteiger partial charge >= 0.3 is 0 Å². The molecule has 0 N–H and O–H groups in total. The van der Waals surface area contributed by atoms with E-state index in [9.17, 15) is 4.79 Å². The van der Waals surface area contributed by atoms with E-state index in [0.717, 1.165) is 10.6 Å². The maximum absolute atomic E-state index is 12.3. The summed E-state index contributed by atoms with van der Waals surface area (Å²) in [6, 6.07) is 9.29. The summed E-state index contributed by atoms with van der Waals surface area (Å²) < 4.78 is 0. The number of nitrogens with zero attached hydrogens (tertiary/aromatic N) is 3. The van der Waals surface area contributed by atoms with Gasteiger partial charge in [0.05, 0.1) is 12.5 Å². The molecule has 0 radical (unpaired) electrons. The highest BCUT2D eigenvalue weighted by atomic mass is 35.5. The summed E-state index contributed by atoms with van der Waals surface area (Å²) in [6.45, 7) is 1.84. The summed E-state index contributed by atoms with van der Waals surface area (Å²) in [6.07, 6.45) is 0.299. The highest BCUT2D eigenvalue weighted by molar-refractivity contribution is 7.13. The Bertz CT molecular complexity index is 692. The van der Waals surface area contributed by atoms with E-state index in [1.165, 1.54) is 11.3 Å². The second kappa shape index (κ2) is 6.70. The maximum Gasteiger partial charge on any atom is 0.273 e. The SMILES string of the molecule is C[C@H](CC#N)N(C)C(=O)c1csc(-c2cccc(Cl)c2)n1. The predicted octanol–water partition coefficient (Wildman–Crippen LogP) is 3.84. The number of halogens is 1. The molecule has 6 heteroatoms. The van der Waals surface area contributed by atoms with E-state index >= 15 is 0 Å². The largest absolute Gasteiger partial charge is 0.337 e. The van der Waals surface area contributed by atoms with Gasteiger partial charge in [0.1, 0.15) is 10.7 Å². The molecular formula is C15H14ClN3OS. The Balaban J connectivity index is 2.20. The highest BCUT2D eigenvalue weighted by Gasteiger charge is 2.20. The average Bonchev–Trinajstić information content (AvgIpc) is 2.95. The van der Waals surface area contributed by atoms with E-state index in [1.54, 1.807) is 23.4 Å². The van der Waals surface area contributed by atoms with Gasteiger partial charge in [0.15, 0.2) is 0 Å². The van der Waals surface area contributed by atoms with E-state index in [2.05, 4.69) is 11.1 Å². The number of nitriles is 1. The molecule has 4 nitrogen and oxygen atoms in total. The van der Waals surface area contributed by atoms with Gasteiger partial charge in [-0.2, -0.15) is 5.26 Å². The van der Waals surface area contributed by atoms with Crippen LogP contribution in [0.15, 0.2) is 29.6 Å². The van der Waals surface area contributed by atoms with Gasteiger partial charge in [-0.05, 0) is 19.1 Å². The first-order valence-corrected chi connectivity index (χ1v) is 7.64. The molecule has 2 rings (SSSR count). The Hall–Kier alpha value is -1.90. The van der Waals surface area contributed by atoms with E-state index in [1.807, 2.05) is 25.1 Å². The molecule has 0 saturated heterocycles. The molecule has 0 spiro atoms. The van der Waals surface area contributed by atoms with Crippen molar-refractivity contribution in [1.82, 2.24) is 9.88 Å². The lowest BCUT2D eigenvalue weighted by Crippen LogP contribution is -2.35. The number of aromatic nitrogens is 1. The monoisotopic (exact) mass is 319 g/mol. The molecule has 108 valence electrons. The van der Waals surface area contributed by atoms with Crippen molar-refractivity contribution in [1.29, 1.82) is 5.26 Å². The van der Waals surface area contributed by atoms with Crippen LogP contribution in [0.2, 0.25) is 5.02 Å². The van der Waals surface area contributed by atoms with Crippen molar-refractivity contribution in [3.63, 3.8) is 0 Å². The summed E-state index contributed by atoms with van der Waals surface area (Å²) in [5, 5.41) is 11.8. The quantitative estimate of drug-likeness (QED) is 0.860. The first kappa shape index (κ1) is 15.5. The zero-order chi connectivity index (χ0) is 15.4. The van der Waals surface area contributed by atoms with E-state index in [-0.39, 0.29) is 11.9 Å². The minimum Gasteiger partial charge on any atom is -0.337 e. The first-order chi connectivity index (χ1) is 10.0. The Kier molecular flexibility index (Phi) is 4.94. The van der Waals surface area contributed by atoms with Crippen LogP contribution in [0.4, 0.5) is 0 Å². The Morgan fingerprint density at radius 3 is 3.00 bits per heavy atom. The molecule has 0 saturated carbocycles. The Morgan fingerprint density at radius 1 is 1.57 bits per heavy atom. The van der Waals surface area contributed by atoms with Crippen LogP contribution in [-0.2, 0) is 0 Å². The Labute approximate surface area is 132 Å². The van der Waals surface area contributed by atoms with Crippen LogP contribution in [0.3, 0.4) is 0 Å². The lowest BCUT2D eigenvalue weighted by atomic mass is 10.2. The number of hydrogen-bond donors (Lipinski definition) is 0. The van der Waals surface area contributed by atoms with Crippen LogP contribution in [0.1, 0.15) is 23.8 Å². The van der Waals surface area contributed by atoms with E-state index in [0.29, 0.717) is 17.1 Å². The molecule has 21 heavy (non-hydrogen) atoms. The zero-order valence-corrected chi connectivity index (χ0v) is 13.3. The number of amides is 1.